The van der Waals surface area contributed by atoms with Crippen molar-refractivity contribution in [2.45, 2.75) is 0 Å². The Labute approximate surface area is 170 Å². The van der Waals surface area contributed by atoms with E-state index in [2.05, 4.69) is 5.32 Å². The van der Waals surface area contributed by atoms with Crippen molar-refractivity contribution in [2.24, 2.45) is 0 Å². The zero-order chi connectivity index (χ0) is 19.7. The van der Waals surface area contributed by atoms with Gasteiger partial charge in [0.25, 0.3) is 5.91 Å². The predicted octanol–water partition coefficient (Wildman–Crippen LogP) is 6.22. The van der Waals surface area contributed by atoms with E-state index in [1.807, 2.05) is 6.07 Å². The molecule has 3 aromatic carbocycles. The lowest BCUT2D eigenvalue weighted by molar-refractivity contribution is 0.0998. The van der Waals surface area contributed by atoms with Crippen molar-refractivity contribution in [1.29, 1.82) is 0 Å². The monoisotopic (exact) mass is 409 g/mol. The summed E-state index contributed by atoms with van der Waals surface area (Å²) in [5.41, 5.74) is 1.69. The second-order valence-corrected chi connectivity index (χ2v) is 7.00. The van der Waals surface area contributed by atoms with E-state index in [0.717, 1.165) is 0 Å². The average molecular weight is 410 g/mol. The molecule has 0 saturated heterocycles. The SMILES string of the molecule is O=C(Nc1ccc(Cl)cc1C(=O)c1ccccc1)c1cc2cc(Cl)ccc2o1. The van der Waals surface area contributed by atoms with E-state index in [1.54, 1.807) is 60.7 Å². The van der Waals surface area contributed by atoms with Crippen LogP contribution in [-0.4, -0.2) is 11.7 Å². The molecule has 6 heteroatoms. The Hall–Kier alpha value is -3.08. The van der Waals surface area contributed by atoms with Gasteiger partial charge in [-0.3, -0.25) is 9.59 Å². The molecule has 0 saturated carbocycles. The number of hydrogen-bond acceptors (Lipinski definition) is 3. The van der Waals surface area contributed by atoms with Gasteiger partial charge in [0.2, 0.25) is 0 Å². The molecule has 0 atom stereocenters. The second-order valence-electron chi connectivity index (χ2n) is 6.13. The van der Waals surface area contributed by atoms with Crippen molar-refractivity contribution < 1.29 is 14.0 Å². The number of carbonyl (C=O) groups is 2. The van der Waals surface area contributed by atoms with Gasteiger partial charge in [-0.2, -0.15) is 0 Å². The van der Waals surface area contributed by atoms with Gasteiger partial charge in [-0.15, -0.1) is 0 Å². The number of anilines is 1. The van der Waals surface area contributed by atoms with Gasteiger partial charge in [0.05, 0.1) is 5.69 Å². The average Bonchev–Trinajstić information content (AvgIpc) is 3.13. The van der Waals surface area contributed by atoms with Crippen LogP contribution >= 0.6 is 23.2 Å². The summed E-state index contributed by atoms with van der Waals surface area (Å²) in [6, 6.07) is 20.2. The number of nitrogens with one attached hydrogen (secondary N) is 1. The number of carbonyl (C=O) groups excluding carboxylic acids is 2. The van der Waals surface area contributed by atoms with Crippen LogP contribution in [0.3, 0.4) is 0 Å². The molecule has 0 aliphatic heterocycles. The Kier molecular flexibility index (Phi) is 4.90. The van der Waals surface area contributed by atoms with Crippen LogP contribution in [0.15, 0.2) is 77.2 Å². The van der Waals surface area contributed by atoms with Crippen LogP contribution in [0.4, 0.5) is 5.69 Å². The minimum Gasteiger partial charge on any atom is -0.451 e. The zero-order valence-electron chi connectivity index (χ0n) is 14.4. The zero-order valence-corrected chi connectivity index (χ0v) is 15.9. The maximum absolute atomic E-state index is 12.9. The molecule has 4 rings (SSSR count). The number of ketones is 1. The number of rotatable bonds is 4. The molecule has 0 aliphatic rings. The largest absolute Gasteiger partial charge is 0.451 e. The van der Waals surface area contributed by atoms with Crippen LogP contribution in [0, 0.1) is 0 Å². The summed E-state index contributed by atoms with van der Waals surface area (Å²) in [5, 5.41) is 4.40. The first-order chi connectivity index (χ1) is 13.5. The lowest BCUT2D eigenvalue weighted by Crippen LogP contribution is -2.14. The number of fused-ring (bicyclic) bond motifs is 1. The van der Waals surface area contributed by atoms with Crippen LogP contribution in [0.5, 0.6) is 0 Å². The standard InChI is InChI=1S/C22H13Cl2NO3/c23-15-7-9-19-14(10-15)11-20(28-19)22(27)25-18-8-6-16(24)12-17(18)21(26)13-4-2-1-3-5-13/h1-12H,(H,25,27). The van der Waals surface area contributed by atoms with E-state index in [1.165, 1.54) is 6.07 Å². The van der Waals surface area contributed by atoms with Crippen molar-refractivity contribution in [3.63, 3.8) is 0 Å². The van der Waals surface area contributed by atoms with E-state index in [-0.39, 0.29) is 11.5 Å². The smallest absolute Gasteiger partial charge is 0.291 e. The van der Waals surface area contributed by atoms with Gasteiger partial charge in [0.15, 0.2) is 11.5 Å². The highest BCUT2D eigenvalue weighted by molar-refractivity contribution is 6.32. The fourth-order valence-corrected chi connectivity index (χ4v) is 3.22. The normalized spacial score (nSPS) is 10.8. The first-order valence-corrected chi connectivity index (χ1v) is 9.16. The lowest BCUT2D eigenvalue weighted by Gasteiger charge is -2.10. The topological polar surface area (TPSA) is 59.3 Å². The van der Waals surface area contributed by atoms with Crippen LogP contribution < -0.4 is 5.32 Å². The number of halogens is 2. The molecule has 0 spiro atoms. The molecule has 138 valence electrons. The van der Waals surface area contributed by atoms with E-state index < -0.39 is 5.91 Å². The van der Waals surface area contributed by atoms with Crippen LogP contribution in [-0.2, 0) is 0 Å². The van der Waals surface area contributed by atoms with Crippen molar-refractivity contribution in [3.8, 4) is 0 Å². The van der Waals surface area contributed by atoms with Crippen LogP contribution in [0.25, 0.3) is 11.0 Å². The van der Waals surface area contributed by atoms with E-state index in [4.69, 9.17) is 27.6 Å². The summed E-state index contributed by atoms with van der Waals surface area (Å²) in [5.74, 6) is -0.600. The summed E-state index contributed by atoms with van der Waals surface area (Å²) < 4.78 is 5.58. The van der Waals surface area contributed by atoms with Crippen LogP contribution in [0.1, 0.15) is 26.5 Å². The van der Waals surface area contributed by atoms with Crippen molar-refractivity contribution >= 4 is 51.5 Å². The maximum atomic E-state index is 12.9. The number of amides is 1. The minimum absolute atomic E-state index is 0.116. The van der Waals surface area contributed by atoms with Crippen molar-refractivity contribution in [1.82, 2.24) is 0 Å². The molecule has 0 unspecified atom stereocenters. The molecular formula is C22H13Cl2NO3. The molecule has 0 aliphatic carbocycles. The molecule has 1 aromatic heterocycles. The Morgan fingerprint density at radius 1 is 0.821 bits per heavy atom. The molecule has 1 heterocycles. The van der Waals surface area contributed by atoms with Gasteiger partial charge in [0, 0.05) is 26.6 Å². The van der Waals surface area contributed by atoms with Gasteiger partial charge in [0.1, 0.15) is 5.58 Å². The van der Waals surface area contributed by atoms with Crippen molar-refractivity contribution in [2.75, 3.05) is 5.32 Å². The molecule has 28 heavy (non-hydrogen) atoms. The Bertz CT molecular complexity index is 1200. The fourth-order valence-electron chi connectivity index (χ4n) is 2.87. The molecule has 1 amide bonds. The highest BCUT2D eigenvalue weighted by Crippen LogP contribution is 2.26. The Balaban J connectivity index is 1.67. The van der Waals surface area contributed by atoms with E-state index >= 15 is 0 Å². The number of hydrogen-bond donors (Lipinski definition) is 1. The molecule has 4 nitrogen and oxygen atoms in total. The molecule has 0 radical (unpaired) electrons. The van der Waals surface area contributed by atoms with Gasteiger partial charge >= 0.3 is 0 Å². The number of benzene rings is 3. The molecular weight excluding hydrogens is 397 g/mol. The fraction of sp³-hybridized carbons (Fsp3) is 0. The van der Waals surface area contributed by atoms with Crippen molar-refractivity contribution in [3.05, 3.63) is 99.7 Å². The third-order valence-corrected chi connectivity index (χ3v) is 4.68. The van der Waals surface area contributed by atoms with Gasteiger partial charge in [-0.05, 0) is 42.5 Å². The quantitative estimate of drug-likeness (QED) is 0.406. The lowest BCUT2D eigenvalue weighted by atomic mass is 10.0. The highest BCUT2D eigenvalue weighted by atomic mass is 35.5. The van der Waals surface area contributed by atoms with Crippen LogP contribution in [0.2, 0.25) is 10.0 Å². The first kappa shape index (κ1) is 18.3. The summed E-state index contributed by atoms with van der Waals surface area (Å²) in [4.78, 5) is 25.6. The molecule has 0 fully saturated rings. The first-order valence-electron chi connectivity index (χ1n) is 8.41. The summed E-state index contributed by atoms with van der Waals surface area (Å²) in [7, 11) is 0. The summed E-state index contributed by atoms with van der Waals surface area (Å²) in [6.07, 6.45) is 0. The minimum atomic E-state index is -0.475. The maximum Gasteiger partial charge on any atom is 0.291 e. The molecule has 4 aromatic rings. The Morgan fingerprint density at radius 2 is 1.54 bits per heavy atom. The van der Waals surface area contributed by atoms with E-state index in [0.29, 0.717) is 37.8 Å². The summed E-state index contributed by atoms with van der Waals surface area (Å²) in [6.45, 7) is 0. The summed E-state index contributed by atoms with van der Waals surface area (Å²) >= 11 is 12.0. The van der Waals surface area contributed by atoms with Gasteiger partial charge in [-0.25, -0.2) is 0 Å². The third kappa shape index (κ3) is 3.65. The third-order valence-electron chi connectivity index (χ3n) is 4.21. The van der Waals surface area contributed by atoms with E-state index in [9.17, 15) is 9.59 Å². The molecule has 0 bridgehead atoms. The second kappa shape index (κ2) is 7.50. The Morgan fingerprint density at radius 3 is 2.32 bits per heavy atom. The number of furan rings is 1. The van der Waals surface area contributed by atoms with Gasteiger partial charge in [-0.1, -0.05) is 53.5 Å². The molecule has 1 N–H and O–H groups in total. The predicted molar refractivity (Wildman–Crippen MR) is 111 cm³/mol. The highest BCUT2D eigenvalue weighted by Gasteiger charge is 2.18. The van der Waals surface area contributed by atoms with Gasteiger partial charge < -0.3 is 9.73 Å².